The highest BCUT2D eigenvalue weighted by Crippen LogP contribution is 2.55. The third-order valence-corrected chi connectivity index (χ3v) is 9.64. The highest BCUT2D eigenvalue weighted by atomic mass is 32.2. The first-order valence-electron chi connectivity index (χ1n) is 12.8. The van der Waals surface area contributed by atoms with Gasteiger partial charge >= 0.3 is 5.97 Å². The predicted molar refractivity (Wildman–Crippen MR) is 153 cm³/mol. The molecule has 2 heterocycles. The minimum atomic E-state index is -0.137. The summed E-state index contributed by atoms with van der Waals surface area (Å²) in [6.45, 7) is 9.61. The summed E-state index contributed by atoms with van der Waals surface area (Å²) in [6.07, 6.45) is 7.43. The van der Waals surface area contributed by atoms with E-state index in [1.54, 1.807) is 24.2 Å². The van der Waals surface area contributed by atoms with Crippen molar-refractivity contribution >= 4 is 41.3 Å². The molecule has 0 amide bonds. The van der Waals surface area contributed by atoms with Gasteiger partial charge in [-0.25, -0.2) is 4.98 Å². The van der Waals surface area contributed by atoms with Gasteiger partial charge < -0.3 is 9.47 Å². The van der Waals surface area contributed by atoms with E-state index in [1.807, 2.05) is 30.4 Å². The van der Waals surface area contributed by atoms with Gasteiger partial charge in [0.1, 0.15) is 11.4 Å². The average Bonchev–Trinajstić information content (AvgIpc) is 2.87. The van der Waals surface area contributed by atoms with Crippen LogP contribution in [0.2, 0.25) is 0 Å². The van der Waals surface area contributed by atoms with E-state index in [1.165, 1.54) is 5.56 Å². The van der Waals surface area contributed by atoms with Gasteiger partial charge in [-0.3, -0.25) is 9.78 Å². The van der Waals surface area contributed by atoms with Crippen molar-refractivity contribution in [3.8, 4) is 17.6 Å². The molecule has 1 aliphatic heterocycles. The Hall–Kier alpha value is -1.82. The molecule has 1 aromatic carbocycles. The molecule has 0 unspecified atom stereocenters. The minimum absolute atomic E-state index is 0.0116. The Morgan fingerprint density at radius 1 is 1.06 bits per heavy atom. The molecule has 3 rings (SSSR count). The molecule has 194 valence electrons. The summed E-state index contributed by atoms with van der Waals surface area (Å²) in [5.41, 5.74) is 3.84. The van der Waals surface area contributed by atoms with Crippen molar-refractivity contribution in [1.29, 1.82) is 0 Å². The van der Waals surface area contributed by atoms with Crippen LogP contribution in [-0.4, -0.2) is 46.4 Å². The van der Waals surface area contributed by atoms with Crippen molar-refractivity contribution in [2.75, 3.05) is 30.5 Å². The lowest BCUT2D eigenvalue weighted by molar-refractivity contribution is -0.143. The quantitative estimate of drug-likeness (QED) is 0.0961. The van der Waals surface area contributed by atoms with Crippen LogP contribution in [0.1, 0.15) is 75.9 Å². The van der Waals surface area contributed by atoms with Gasteiger partial charge in [-0.15, -0.1) is 35.3 Å². The van der Waals surface area contributed by atoms with E-state index < -0.39 is 0 Å². The lowest BCUT2D eigenvalue weighted by Gasteiger charge is -2.38. The molecule has 0 aliphatic carbocycles. The second-order valence-electron chi connectivity index (χ2n) is 8.15. The van der Waals surface area contributed by atoms with E-state index >= 15 is 0 Å². The van der Waals surface area contributed by atoms with Crippen molar-refractivity contribution in [3.05, 3.63) is 47.0 Å². The third kappa shape index (κ3) is 7.84. The summed E-state index contributed by atoms with van der Waals surface area (Å²) in [6, 6.07) is 4.43. The number of fused-ring (bicyclic) bond motifs is 1. The van der Waals surface area contributed by atoms with Crippen LogP contribution in [0.4, 0.5) is 0 Å². The van der Waals surface area contributed by atoms with E-state index in [-0.39, 0.29) is 10.0 Å². The van der Waals surface area contributed by atoms with Gasteiger partial charge in [-0.1, -0.05) is 26.7 Å². The van der Waals surface area contributed by atoms with Crippen LogP contribution < -0.4 is 4.74 Å². The first-order valence-corrected chi connectivity index (χ1v) is 15.7. The molecule has 1 aliphatic rings. The van der Waals surface area contributed by atoms with Crippen LogP contribution in [0.25, 0.3) is 0 Å². The molecule has 0 saturated heterocycles. The first kappa shape index (κ1) is 28.7. The number of benzene rings is 1. The highest BCUT2D eigenvalue weighted by Gasteiger charge is 2.38. The van der Waals surface area contributed by atoms with Crippen LogP contribution in [0.5, 0.6) is 5.75 Å². The van der Waals surface area contributed by atoms with E-state index in [2.05, 4.69) is 54.7 Å². The number of hydrogen-bond acceptors (Lipinski definition) is 8. The number of thioether (sulfide) groups is 3. The summed E-state index contributed by atoms with van der Waals surface area (Å²) in [4.78, 5) is 21.7. The summed E-state index contributed by atoms with van der Waals surface area (Å²) in [7, 11) is 0. The van der Waals surface area contributed by atoms with Crippen molar-refractivity contribution in [1.82, 2.24) is 9.97 Å². The van der Waals surface area contributed by atoms with E-state index in [0.29, 0.717) is 18.7 Å². The largest absolute Gasteiger partial charge is 0.493 e. The topological polar surface area (TPSA) is 61.3 Å². The van der Waals surface area contributed by atoms with Crippen LogP contribution in [-0.2, 0) is 20.0 Å². The van der Waals surface area contributed by atoms with Gasteiger partial charge in [0, 0.05) is 35.1 Å². The fourth-order valence-corrected chi connectivity index (χ4v) is 7.90. The van der Waals surface area contributed by atoms with Crippen molar-refractivity contribution < 1.29 is 14.3 Å². The van der Waals surface area contributed by atoms with E-state index in [0.717, 1.165) is 71.5 Å². The second kappa shape index (κ2) is 14.8. The molecule has 0 atom stereocenters. The molecular weight excluding hydrogens is 509 g/mol. The summed E-state index contributed by atoms with van der Waals surface area (Å²) in [5, 5.41) is 0. The molecule has 1 aromatic heterocycles. The first-order chi connectivity index (χ1) is 17.5. The fourth-order valence-electron chi connectivity index (χ4n) is 4.08. The predicted octanol–water partition coefficient (Wildman–Crippen LogP) is 6.71. The van der Waals surface area contributed by atoms with Gasteiger partial charge in [0.2, 0.25) is 0 Å². The third-order valence-electron chi connectivity index (χ3n) is 5.64. The number of ether oxygens (including phenoxy) is 2. The normalized spacial score (nSPS) is 13.8. The maximum Gasteiger partial charge on any atom is 0.305 e. The molecule has 0 spiro atoms. The van der Waals surface area contributed by atoms with Gasteiger partial charge in [-0.2, -0.15) is 0 Å². The zero-order valence-electron chi connectivity index (χ0n) is 21.7. The Bertz CT molecular complexity index is 1060. The van der Waals surface area contributed by atoms with Crippen LogP contribution in [0.3, 0.4) is 0 Å². The lowest BCUT2D eigenvalue weighted by atomic mass is 10.0. The maximum absolute atomic E-state index is 11.5. The number of hydrogen-bond donors (Lipinski definition) is 0. The molecule has 2 aromatic rings. The maximum atomic E-state index is 11.5. The lowest BCUT2D eigenvalue weighted by Crippen LogP contribution is -2.27. The van der Waals surface area contributed by atoms with Crippen LogP contribution >= 0.6 is 35.3 Å². The molecule has 0 fully saturated rings. The SMILES string of the molecule is CCOC(=O)CCCCc1cnc(C#Cc2cc3c(cc2SCC)OCCC3(SCC)SCC)cn1. The average molecular weight is 545 g/mol. The smallest absolute Gasteiger partial charge is 0.305 e. The van der Waals surface area contributed by atoms with E-state index in [9.17, 15) is 4.79 Å². The molecule has 0 bridgehead atoms. The summed E-state index contributed by atoms with van der Waals surface area (Å²) >= 11 is 5.80. The number of carbonyl (C=O) groups is 1. The van der Waals surface area contributed by atoms with Crippen LogP contribution in [0, 0.1) is 11.8 Å². The zero-order chi connectivity index (χ0) is 25.8. The summed E-state index contributed by atoms with van der Waals surface area (Å²) in [5.74, 6) is 10.6. The van der Waals surface area contributed by atoms with Gasteiger partial charge in [-0.05, 0) is 61.5 Å². The molecule has 36 heavy (non-hydrogen) atoms. The number of unbranched alkanes of at least 4 members (excludes halogenated alkanes) is 1. The van der Waals surface area contributed by atoms with Gasteiger partial charge in [0.15, 0.2) is 0 Å². The molecule has 8 heteroatoms. The molecule has 5 nitrogen and oxygen atoms in total. The van der Waals surface area contributed by atoms with Crippen LogP contribution in [0.15, 0.2) is 29.4 Å². The molecule has 0 saturated carbocycles. The Kier molecular flexibility index (Phi) is 11.8. The Morgan fingerprint density at radius 3 is 2.53 bits per heavy atom. The molecule has 0 N–H and O–H groups in total. The Labute approximate surface area is 228 Å². The zero-order valence-corrected chi connectivity index (χ0v) is 24.2. The number of esters is 1. The van der Waals surface area contributed by atoms with Crippen molar-refractivity contribution in [2.45, 2.75) is 68.8 Å². The van der Waals surface area contributed by atoms with Crippen molar-refractivity contribution in [2.24, 2.45) is 0 Å². The number of rotatable bonds is 12. The second-order valence-corrected chi connectivity index (χ2v) is 12.8. The highest BCUT2D eigenvalue weighted by molar-refractivity contribution is 8.17. The Morgan fingerprint density at radius 2 is 1.86 bits per heavy atom. The monoisotopic (exact) mass is 544 g/mol. The number of nitrogens with zero attached hydrogens (tertiary/aromatic N) is 2. The Balaban J connectivity index is 1.77. The fraction of sp³-hybridized carbons (Fsp3) is 0.536. The number of aryl methyl sites for hydroxylation is 1. The molecule has 0 radical (unpaired) electrons. The number of aromatic nitrogens is 2. The van der Waals surface area contributed by atoms with Gasteiger partial charge in [0.25, 0.3) is 0 Å². The van der Waals surface area contributed by atoms with Gasteiger partial charge in [0.05, 0.1) is 29.2 Å². The number of carbonyl (C=O) groups excluding carboxylic acids is 1. The molecular formula is C28H36N2O3S3. The summed E-state index contributed by atoms with van der Waals surface area (Å²) < 4.78 is 11.1. The standard InChI is InChI=1S/C28H36N2O3S3/c1-5-32-27(31)12-10-9-11-22-19-30-23(20-29-22)14-13-21-17-24-25(18-26(21)34-6-2)33-16-15-28(24,35-7-3)36-8-4/h17-20H,5-12,15-16H2,1-4H3. The van der Waals surface area contributed by atoms with E-state index in [4.69, 9.17) is 9.47 Å². The van der Waals surface area contributed by atoms with Crippen molar-refractivity contribution in [3.63, 3.8) is 0 Å². The minimum Gasteiger partial charge on any atom is -0.493 e.